The van der Waals surface area contributed by atoms with Gasteiger partial charge in [0, 0.05) is 0 Å². The minimum Gasteiger partial charge on any atom is -0.461 e. The van der Waals surface area contributed by atoms with Gasteiger partial charge in [0.05, 0.1) is 6.61 Å². The van der Waals surface area contributed by atoms with Crippen molar-refractivity contribution in [3.8, 4) is 0 Å². The number of carbonyl (C=O) groups is 1. The van der Waals surface area contributed by atoms with Gasteiger partial charge in [-0.1, -0.05) is 35.5 Å². The fourth-order valence-electron chi connectivity index (χ4n) is 1.24. The molecular formula is C13H17NO4. The van der Waals surface area contributed by atoms with Crippen molar-refractivity contribution in [2.45, 2.75) is 26.6 Å². The highest BCUT2D eigenvalue weighted by Crippen LogP contribution is 2.02. The summed E-state index contributed by atoms with van der Waals surface area (Å²) < 4.78 is 4.76. The second-order valence-corrected chi connectivity index (χ2v) is 3.63. The number of nitrogens with zero attached hydrogens (tertiary/aromatic N) is 1. The lowest BCUT2D eigenvalue weighted by molar-refractivity contribution is -0.135. The highest BCUT2D eigenvalue weighted by Gasteiger charge is 2.19. The van der Waals surface area contributed by atoms with Gasteiger partial charge in [-0.3, -0.25) is 0 Å². The molecule has 1 unspecified atom stereocenters. The van der Waals surface area contributed by atoms with Gasteiger partial charge in [-0.25, -0.2) is 4.79 Å². The van der Waals surface area contributed by atoms with E-state index < -0.39 is 12.1 Å². The van der Waals surface area contributed by atoms with Crippen LogP contribution in [-0.2, 0) is 21.0 Å². The van der Waals surface area contributed by atoms with Gasteiger partial charge in [0.2, 0.25) is 0 Å². The number of rotatable bonds is 6. The number of carbonyl (C=O) groups excluding carboxylic acids is 1. The molecule has 1 aromatic rings. The number of hydrogen-bond acceptors (Lipinski definition) is 5. The molecule has 0 amide bonds. The second kappa shape index (κ2) is 7.45. The first kappa shape index (κ1) is 14.2. The highest BCUT2D eigenvalue weighted by molar-refractivity contribution is 6.37. The van der Waals surface area contributed by atoms with Crippen LogP contribution in [0.4, 0.5) is 0 Å². The van der Waals surface area contributed by atoms with Gasteiger partial charge in [-0.05, 0) is 19.4 Å². The molecule has 1 rings (SSSR count). The summed E-state index contributed by atoms with van der Waals surface area (Å²) >= 11 is 0. The van der Waals surface area contributed by atoms with E-state index in [1.165, 1.54) is 6.92 Å². The minimum atomic E-state index is -1.03. The predicted octanol–water partition coefficient (Wildman–Crippen LogP) is 1.50. The molecule has 0 bridgehead atoms. The lowest BCUT2D eigenvalue weighted by Crippen LogP contribution is -2.28. The van der Waals surface area contributed by atoms with Gasteiger partial charge in [0.1, 0.15) is 12.7 Å². The molecule has 5 heteroatoms. The van der Waals surface area contributed by atoms with Gasteiger partial charge in [0.15, 0.2) is 5.71 Å². The van der Waals surface area contributed by atoms with E-state index in [2.05, 4.69) is 5.16 Å². The largest absolute Gasteiger partial charge is 0.461 e. The van der Waals surface area contributed by atoms with Crippen LogP contribution < -0.4 is 0 Å². The Morgan fingerprint density at radius 3 is 2.61 bits per heavy atom. The lowest BCUT2D eigenvalue weighted by atomic mass is 10.2. The predicted molar refractivity (Wildman–Crippen MR) is 67.0 cm³/mol. The highest BCUT2D eigenvalue weighted by atomic mass is 16.6. The third-order valence-corrected chi connectivity index (χ3v) is 2.12. The average molecular weight is 251 g/mol. The van der Waals surface area contributed by atoms with E-state index in [4.69, 9.17) is 9.57 Å². The molecule has 98 valence electrons. The van der Waals surface area contributed by atoms with Gasteiger partial charge in [-0.15, -0.1) is 0 Å². The van der Waals surface area contributed by atoms with Crippen molar-refractivity contribution >= 4 is 11.7 Å². The minimum absolute atomic E-state index is 0.132. The molecular weight excluding hydrogens is 234 g/mol. The molecule has 0 radical (unpaired) electrons. The number of aliphatic hydroxyl groups is 1. The molecule has 0 fully saturated rings. The van der Waals surface area contributed by atoms with E-state index in [9.17, 15) is 9.90 Å². The standard InChI is InChI=1S/C13H17NO4/c1-3-17-13(16)12(10(2)15)14-18-9-11-7-5-4-6-8-11/h4-8,10,15H,3,9H2,1-2H3/b14-12-. The Kier molecular flexibility index (Phi) is 5.87. The topological polar surface area (TPSA) is 68.1 Å². The molecule has 0 heterocycles. The quantitative estimate of drug-likeness (QED) is 0.472. The normalized spacial score (nSPS) is 12.9. The molecule has 1 N–H and O–H groups in total. The zero-order valence-electron chi connectivity index (χ0n) is 10.5. The third kappa shape index (κ3) is 4.55. The van der Waals surface area contributed by atoms with Crippen LogP contribution in [0.25, 0.3) is 0 Å². The molecule has 0 aromatic heterocycles. The molecule has 0 aliphatic carbocycles. The summed E-state index contributed by atoms with van der Waals surface area (Å²) in [5.41, 5.74) is 0.794. The summed E-state index contributed by atoms with van der Waals surface area (Å²) in [6, 6.07) is 9.41. The summed E-state index contributed by atoms with van der Waals surface area (Å²) in [5.74, 6) is -0.666. The van der Waals surface area contributed by atoms with Crippen molar-refractivity contribution in [2.75, 3.05) is 6.61 Å². The number of benzene rings is 1. The zero-order chi connectivity index (χ0) is 13.4. The van der Waals surface area contributed by atoms with E-state index >= 15 is 0 Å². The van der Waals surface area contributed by atoms with Gasteiger partial charge >= 0.3 is 5.97 Å². The molecule has 0 saturated carbocycles. The van der Waals surface area contributed by atoms with Gasteiger partial charge in [-0.2, -0.15) is 0 Å². The maximum atomic E-state index is 11.4. The number of oxime groups is 1. The molecule has 0 aliphatic heterocycles. The average Bonchev–Trinajstić information content (AvgIpc) is 2.35. The summed E-state index contributed by atoms with van der Waals surface area (Å²) in [4.78, 5) is 16.5. The second-order valence-electron chi connectivity index (χ2n) is 3.63. The maximum Gasteiger partial charge on any atom is 0.358 e. The summed E-state index contributed by atoms with van der Waals surface area (Å²) in [7, 11) is 0. The number of ether oxygens (including phenoxy) is 1. The van der Waals surface area contributed by atoms with Crippen molar-refractivity contribution in [3.05, 3.63) is 35.9 Å². The molecule has 18 heavy (non-hydrogen) atoms. The van der Waals surface area contributed by atoms with E-state index in [1.54, 1.807) is 6.92 Å². The molecule has 0 saturated heterocycles. The Hall–Kier alpha value is -1.88. The van der Waals surface area contributed by atoms with E-state index in [0.29, 0.717) is 0 Å². The SMILES string of the molecule is CCOC(=O)/C(=N\OCc1ccccc1)C(C)O. The van der Waals surface area contributed by atoms with Crippen LogP contribution in [-0.4, -0.2) is 29.5 Å². The fourth-order valence-corrected chi connectivity index (χ4v) is 1.24. The van der Waals surface area contributed by atoms with Crippen LogP contribution in [0.5, 0.6) is 0 Å². The number of esters is 1. The third-order valence-electron chi connectivity index (χ3n) is 2.12. The van der Waals surface area contributed by atoms with E-state index in [-0.39, 0.29) is 18.9 Å². The Bertz CT molecular complexity index is 401. The van der Waals surface area contributed by atoms with Crippen molar-refractivity contribution in [2.24, 2.45) is 5.16 Å². The van der Waals surface area contributed by atoms with Crippen LogP contribution in [0.3, 0.4) is 0 Å². The first-order valence-electron chi connectivity index (χ1n) is 5.74. The zero-order valence-corrected chi connectivity index (χ0v) is 10.5. The Morgan fingerprint density at radius 2 is 2.06 bits per heavy atom. The van der Waals surface area contributed by atoms with Crippen LogP contribution in [0, 0.1) is 0 Å². The molecule has 5 nitrogen and oxygen atoms in total. The van der Waals surface area contributed by atoms with Crippen LogP contribution in [0.15, 0.2) is 35.5 Å². The first-order chi connectivity index (χ1) is 8.65. The number of aliphatic hydroxyl groups excluding tert-OH is 1. The van der Waals surface area contributed by atoms with Gasteiger partial charge < -0.3 is 14.7 Å². The van der Waals surface area contributed by atoms with Crippen molar-refractivity contribution in [3.63, 3.8) is 0 Å². The van der Waals surface area contributed by atoms with Crippen molar-refractivity contribution in [1.82, 2.24) is 0 Å². The summed E-state index contributed by atoms with van der Waals surface area (Å²) in [6.45, 7) is 3.57. The Labute approximate surface area is 106 Å². The summed E-state index contributed by atoms with van der Waals surface area (Å²) in [6.07, 6.45) is -1.03. The van der Waals surface area contributed by atoms with Crippen molar-refractivity contribution < 1.29 is 19.5 Å². The van der Waals surface area contributed by atoms with E-state index in [0.717, 1.165) is 5.56 Å². The monoisotopic (exact) mass is 251 g/mol. The number of hydrogen-bond donors (Lipinski definition) is 1. The first-order valence-corrected chi connectivity index (χ1v) is 5.74. The maximum absolute atomic E-state index is 11.4. The van der Waals surface area contributed by atoms with Crippen LogP contribution >= 0.6 is 0 Å². The Morgan fingerprint density at radius 1 is 1.39 bits per heavy atom. The van der Waals surface area contributed by atoms with E-state index in [1.807, 2.05) is 30.3 Å². The van der Waals surface area contributed by atoms with Crippen molar-refractivity contribution in [1.29, 1.82) is 0 Å². The van der Waals surface area contributed by atoms with Gasteiger partial charge in [0.25, 0.3) is 0 Å². The molecule has 1 atom stereocenters. The fraction of sp³-hybridized carbons (Fsp3) is 0.385. The smallest absolute Gasteiger partial charge is 0.358 e. The summed E-state index contributed by atoms with van der Waals surface area (Å²) in [5, 5.41) is 13.0. The lowest BCUT2D eigenvalue weighted by Gasteiger charge is -2.08. The molecule has 0 spiro atoms. The molecule has 1 aromatic carbocycles. The Balaban J connectivity index is 2.58. The van der Waals surface area contributed by atoms with Crippen LogP contribution in [0.1, 0.15) is 19.4 Å². The van der Waals surface area contributed by atoms with Crippen LogP contribution in [0.2, 0.25) is 0 Å². The molecule has 0 aliphatic rings.